The Hall–Kier alpha value is -3.59. The second kappa shape index (κ2) is 11.4. The van der Waals surface area contributed by atoms with E-state index in [9.17, 15) is 4.79 Å². The number of primary amides is 1. The van der Waals surface area contributed by atoms with Gasteiger partial charge in [-0.15, -0.1) is 0 Å². The van der Waals surface area contributed by atoms with E-state index in [2.05, 4.69) is 67.6 Å². The predicted molar refractivity (Wildman–Crippen MR) is 149 cm³/mol. The number of aromatic nitrogens is 4. The van der Waals surface area contributed by atoms with Gasteiger partial charge in [-0.05, 0) is 51.7 Å². The maximum Gasteiger partial charge on any atom is 0.235 e. The van der Waals surface area contributed by atoms with Crippen LogP contribution in [0.5, 0.6) is 5.88 Å². The number of carbonyl (C=O) groups is 1. The van der Waals surface area contributed by atoms with Crippen molar-refractivity contribution in [1.82, 2.24) is 24.8 Å². The number of anilines is 1. The molecule has 202 valence electrons. The Kier molecular flexibility index (Phi) is 8.26. The molecule has 0 bridgehead atoms. The molecule has 3 aromatic rings. The number of ether oxygens (including phenoxy) is 1. The first-order chi connectivity index (χ1) is 18.0. The Morgan fingerprint density at radius 3 is 2.42 bits per heavy atom. The Bertz CT molecular complexity index is 1300. The molecule has 1 aliphatic heterocycles. The number of carbonyl (C=O) groups excluding carboxylic acids is 1. The summed E-state index contributed by atoms with van der Waals surface area (Å²) in [6.45, 7) is 17.1. The molecule has 1 atom stereocenters. The van der Waals surface area contributed by atoms with Crippen LogP contribution in [-0.2, 0) is 11.4 Å². The normalized spacial score (nSPS) is 16.2. The molecule has 1 aromatic carbocycles. The summed E-state index contributed by atoms with van der Waals surface area (Å²) >= 11 is 0. The molecule has 0 aliphatic carbocycles. The number of nitrogens with two attached hydrogens (primary N) is 1. The predicted octanol–water partition coefficient (Wildman–Crippen LogP) is 3.87. The zero-order valence-electron chi connectivity index (χ0n) is 23.6. The Morgan fingerprint density at radius 2 is 1.79 bits per heavy atom. The molecule has 0 unspecified atom stereocenters. The molecule has 2 N–H and O–H groups in total. The van der Waals surface area contributed by atoms with Gasteiger partial charge in [0.25, 0.3) is 0 Å². The quantitative estimate of drug-likeness (QED) is 0.480. The fourth-order valence-corrected chi connectivity index (χ4v) is 4.91. The number of benzene rings is 1. The Morgan fingerprint density at radius 1 is 1.08 bits per heavy atom. The largest absolute Gasteiger partial charge is 0.471 e. The molecule has 1 saturated heterocycles. The maximum atomic E-state index is 11.6. The first-order valence-corrected chi connectivity index (χ1v) is 13.2. The third-order valence-corrected chi connectivity index (χ3v) is 7.20. The molecule has 0 radical (unpaired) electrons. The van der Waals surface area contributed by atoms with Crippen LogP contribution >= 0.6 is 0 Å². The third-order valence-electron chi connectivity index (χ3n) is 7.20. The first kappa shape index (κ1) is 27.4. The smallest absolute Gasteiger partial charge is 0.235 e. The van der Waals surface area contributed by atoms with Gasteiger partial charge in [-0.25, -0.2) is 15.0 Å². The van der Waals surface area contributed by atoms with Crippen LogP contribution < -0.4 is 15.4 Å². The fraction of sp³-hybridized carbons (Fsp3) is 0.483. The van der Waals surface area contributed by atoms with Crippen LogP contribution in [0, 0.1) is 27.7 Å². The lowest BCUT2D eigenvalue weighted by Gasteiger charge is -2.40. The van der Waals surface area contributed by atoms with Gasteiger partial charge < -0.3 is 15.4 Å². The minimum absolute atomic E-state index is 0.139. The molecule has 2 aromatic heterocycles. The average molecular weight is 518 g/mol. The van der Waals surface area contributed by atoms with Crippen molar-refractivity contribution >= 4 is 11.7 Å². The second-order valence-electron chi connectivity index (χ2n) is 10.6. The van der Waals surface area contributed by atoms with Crippen LogP contribution in [0.25, 0.3) is 11.4 Å². The molecule has 1 aliphatic rings. The number of rotatable bonds is 8. The molecule has 0 saturated carbocycles. The number of nitrogens with zero attached hydrogens (tertiary/aromatic N) is 6. The van der Waals surface area contributed by atoms with Crippen molar-refractivity contribution in [2.24, 2.45) is 5.73 Å². The number of hydrogen-bond donors (Lipinski definition) is 1. The van der Waals surface area contributed by atoms with E-state index < -0.39 is 0 Å². The Balaban J connectivity index is 1.73. The molecule has 3 heterocycles. The first-order valence-electron chi connectivity index (χ1n) is 13.2. The van der Waals surface area contributed by atoms with Crippen LogP contribution in [-0.4, -0.2) is 63.0 Å². The lowest BCUT2D eigenvalue weighted by atomic mass is 10.0. The van der Waals surface area contributed by atoms with Gasteiger partial charge in [0.05, 0.1) is 29.2 Å². The molecular formula is C29H39N7O2. The summed E-state index contributed by atoms with van der Waals surface area (Å²) in [5, 5.41) is 0. The summed E-state index contributed by atoms with van der Waals surface area (Å²) in [6.07, 6.45) is 1.80. The molecule has 4 rings (SSSR count). The lowest BCUT2D eigenvalue weighted by molar-refractivity contribution is -0.119. The van der Waals surface area contributed by atoms with Crippen molar-refractivity contribution in [2.45, 2.75) is 67.0 Å². The zero-order chi connectivity index (χ0) is 27.6. The van der Waals surface area contributed by atoms with Crippen molar-refractivity contribution < 1.29 is 9.53 Å². The van der Waals surface area contributed by atoms with E-state index in [0.29, 0.717) is 24.8 Å². The van der Waals surface area contributed by atoms with Gasteiger partial charge >= 0.3 is 0 Å². The second-order valence-corrected chi connectivity index (χ2v) is 10.6. The Labute approximate surface area is 225 Å². The zero-order valence-corrected chi connectivity index (χ0v) is 23.6. The number of aryl methyl sites for hydroxylation is 4. The molecular weight excluding hydrogens is 478 g/mol. The lowest BCUT2D eigenvalue weighted by Crippen LogP contribution is -2.54. The van der Waals surface area contributed by atoms with Crippen LogP contribution in [0.3, 0.4) is 0 Å². The number of amides is 1. The summed E-state index contributed by atoms with van der Waals surface area (Å²) in [7, 11) is 0. The van der Waals surface area contributed by atoms with Crippen LogP contribution in [0.1, 0.15) is 60.5 Å². The van der Waals surface area contributed by atoms with E-state index >= 15 is 0 Å². The van der Waals surface area contributed by atoms with Gasteiger partial charge in [-0.1, -0.05) is 32.0 Å². The van der Waals surface area contributed by atoms with E-state index in [-0.39, 0.29) is 31.0 Å². The highest BCUT2D eigenvalue weighted by Gasteiger charge is 2.28. The van der Waals surface area contributed by atoms with Crippen LogP contribution in [0.4, 0.5) is 5.82 Å². The van der Waals surface area contributed by atoms with Crippen molar-refractivity contribution in [3.05, 3.63) is 58.2 Å². The molecule has 0 spiro atoms. The van der Waals surface area contributed by atoms with Crippen molar-refractivity contribution in [1.29, 1.82) is 0 Å². The van der Waals surface area contributed by atoms with E-state index in [1.54, 1.807) is 6.20 Å². The minimum atomic E-state index is -0.310. The molecule has 9 heteroatoms. The summed E-state index contributed by atoms with van der Waals surface area (Å²) < 4.78 is 6.27. The van der Waals surface area contributed by atoms with Crippen molar-refractivity contribution in [3.63, 3.8) is 0 Å². The molecule has 9 nitrogen and oxygen atoms in total. The van der Waals surface area contributed by atoms with Crippen molar-refractivity contribution in [2.75, 3.05) is 31.1 Å². The van der Waals surface area contributed by atoms with E-state index in [0.717, 1.165) is 51.7 Å². The standard InChI is InChI=1S/C29H39N7O2/c1-17(2)24-13-31-22(7)29(33-24)38-16-23-21(6)32-27(26-18(3)9-8-10-19(26)4)34-28(23)36-12-11-35(15-25(30)37)20(5)14-36/h8-10,13,17,20H,11-12,14-16H2,1-7H3,(H2,30,37)/t20-/m1/s1. The molecule has 38 heavy (non-hydrogen) atoms. The molecule has 1 fully saturated rings. The minimum Gasteiger partial charge on any atom is -0.471 e. The van der Waals surface area contributed by atoms with Crippen molar-refractivity contribution in [3.8, 4) is 17.3 Å². The number of piperazine rings is 1. The average Bonchev–Trinajstić information content (AvgIpc) is 2.84. The maximum absolute atomic E-state index is 11.6. The highest BCUT2D eigenvalue weighted by Crippen LogP contribution is 2.31. The monoisotopic (exact) mass is 517 g/mol. The number of hydrogen-bond acceptors (Lipinski definition) is 8. The summed E-state index contributed by atoms with van der Waals surface area (Å²) in [6, 6.07) is 6.37. The topological polar surface area (TPSA) is 110 Å². The SMILES string of the molecule is Cc1cccc(C)c1-c1nc(C)c(COc2nc(C(C)C)cnc2C)c(N2CCN(CC(N)=O)[C@H](C)C2)n1. The highest BCUT2D eigenvalue weighted by molar-refractivity contribution is 5.76. The van der Waals surface area contributed by atoms with E-state index in [4.69, 9.17) is 25.4 Å². The summed E-state index contributed by atoms with van der Waals surface area (Å²) in [4.78, 5) is 35.2. The highest BCUT2D eigenvalue weighted by atomic mass is 16.5. The van der Waals surface area contributed by atoms with E-state index in [1.165, 1.54) is 0 Å². The third kappa shape index (κ3) is 5.93. The van der Waals surface area contributed by atoms with Gasteiger partial charge in [-0.2, -0.15) is 0 Å². The summed E-state index contributed by atoms with van der Waals surface area (Å²) in [5.41, 5.74) is 12.2. The van der Waals surface area contributed by atoms with Gasteiger partial charge in [0, 0.05) is 37.4 Å². The van der Waals surface area contributed by atoms with Crippen LogP contribution in [0.2, 0.25) is 0 Å². The van der Waals surface area contributed by atoms with Gasteiger partial charge in [0.1, 0.15) is 12.4 Å². The van der Waals surface area contributed by atoms with Gasteiger partial charge in [0.15, 0.2) is 5.82 Å². The van der Waals surface area contributed by atoms with Crippen LogP contribution in [0.15, 0.2) is 24.4 Å². The summed E-state index contributed by atoms with van der Waals surface area (Å²) in [5.74, 6) is 2.03. The van der Waals surface area contributed by atoms with Gasteiger partial charge in [-0.3, -0.25) is 14.7 Å². The molecule has 1 amide bonds. The van der Waals surface area contributed by atoms with E-state index in [1.807, 2.05) is 13.8 Å². The fourth-order valence-electron chi connectivity index (χ4n) is 4.91. The van der Waals surface area contributed by atoms with Gasteiger partial charge in [0.2, 0.25) is 11.8 Å².